The Morgan fingerprint density at radius 3 is 2.81 bits per heavy atom. The van der Waals surface area contributed by atoms with E-state index in [4.69, 9.17) is 16.3 Å². The van der Waals surface area contributed by atoms with E-state index in [0.717, 1.165) is 18.5 Å². The number of nitrogens with zero attached hydrogens (tertiary/aromatic N) is 2. The fourth-order valence-corrected chi connectivity index (χ4v) is 2.07. The molecule has 110 valence electrons. The molecule has 0 aliphatic heterocycles. The predicted octanol–water partition coefficient (Wildman–Crippen LogP) is 2.57. The highest BCUT2D eigenvalue weighted by molar-refractivity contribution is 6.31. The summed E-state index contributed by atoms with van der Waals surface area (Å²) in [5, 5.41) is 7.55. The van der Waals surface area contributed by atoms with Crippen molar-refractivity contribution in [3.63, 3.8) is 0 Å². The van der Waals surface area contributed by atoms with Gasteiger partial charge in [-0.15, -0.1) is 5.10 Å². The van der Waals surface area contributed by atoms with Gasteiger partial charge in [0.1, 0.15) is 5.02 Å². The average molecular weight is 306 g/mol. The van der Waals surface area contributed by atoms with E-state index in [9.17, 15) is 4.79 Å². The first-order chi connectivity index (χ1) is 10.1. The average Bonchev–Trinajstić information content (AvgIpc) is 3.23. The Kier molecular flexibility index (Phi) is 3.84. The molecular formula is C15H16ClN3O2. The number of halogens is 1. The van der Waals surface area contributed by atoms with Crippen LogP contribution < -0.4 is 10.1 Å². The molecule has 21 heavy (non-hydrogen) atoms. The van der Waals surface area contributed by atoms with Crippen LogP contribution >= 0.6 is 11.6 Å². The van der Waals surface area contributed by atoms with E-state index in [2.05, 4.69) is 10.4 Å². The Balaban J connectivity index is 1.70. The third-order valence-corrected chi connectivity index (χ3v) is 3.50. The summed E-state index contributed by atoms with van der Waals surface area (Å²) in [6, 6.07) is 9.89. The topological polar surface area (TPSA) is 56.2 Å². The molecule has 3 rings (SSSR count). The Morgan fingerprint density at radius 1 is 1.43 bits per heavy atom. The van der Waals surface area contributed by atoms with Crippen LogP contribution in [-0.4, -0.2) is 27.8 Å². The van der Waals surface area contributed by atoms with E-state index in [1.807, 2.05) is 30.3 Å². The number of para-hydroxylation sites is 1. The summed E-state index contributed by atoms with van der Waals surface area (Å²) in [5.41, 5.74) is 0.879. The first-order valence-electron chi connectivity index (χ1n) is 6.91. The van der Waals surface area contributed by atoms with Crippen molar-refractivity contribution in [2.24, 2.45) is 0 Å². The first kappa shape index (κ1) is 13.9. The number of carbonyl (C=O) groups is 1. The molecule has 0 unspecified atom stereocenters. The maximum Gasteiger partial charge on any atom is 0.261 e. The summed E-state index contributed by atoms with van der Waals surface area (Å²) in [4.78, 5) is 11.9. The summed E-state index contributed by atoms with van der Waals surface area (Å²) >= 11 is 6.12. The molecule has 0 bridgehead atoms. The molecule has 1 aromatic carbocycles. The van der Waals surface area contributed by atoms with E-state index in [0.29, 0.717) is 11.1 Å². The van der Waals surface area contributed by atoms with Crippen molar-refractivity contribution < 1.29 is 9.53 Å². The summed E-state index contributed by atoms with van der Waals surface area (Å²) in [5.74, 6) is 0.127. The number of rotatable bonds is 5. The normalized spacial score (nSPS) is 15.5. The molecular weight excluding hydrogens is 290 g/mol. The van der Waals surface area contributed by atoms with Gasteiger partial charge < -0.3 is 10.1 Å². The molecule has 1 saturated carbocycles. The number of ether oxygens (including phenoxy) is 1. The molecule has 0 spiro atoms. The van der Waals surface area contributed by atoms with Crippen molar-refractivity contribution >= 4 is 17.5 Å². The third kappa shape index (κ3) is 3.36. The van der Waals surface area contributed by atoms with Crippen molar-refractivity contribution in [2.45, 2.75) is 31.9 Å². The Hall–Kier alpha value is -2.01. The van der Waals surface area contributed by atoms with Gasteiger partial charge in [0.2, 0.25) is 0 Å². The van der Waals surface area contributed by atoms with E-state index < -0.39 is 6.10 Å². The zero-order chi connectivity index (χ0) is 14.8. The second-order valence-electron chi connectivity index (χ2n) is 5.11. The molecule has 1 fully saturated rings. The number of carbonyl (C=O) groups excluding carboxylic acids is 1. The maximum absolute atomic E-state index is 11.9. The zero-order valence-corrected chi connectivity index (χ0v) is 12.4. The molecule has 0 saturated heterocycles. The molecule has 1 heterocycles. The summed E-state index contributed by atoms with van der Waals surface area (Å²) in [7, 11) is 0. The molecule has 1 aliphatic rings. The van der Waals surface area contributed by atoms with Crippen LogP contribution in [0.4, 0.5) is 0 Å². The minimum absolute atomic E-state index is 0.136. The SMILES string of the molecule is C[C@H](Oc1nn(-c2ccccc2)cc1Cl)C(=O)NC1CC1. The third-order valence-electron chi connectivity index (χ3n) is 3.24. The number of benzene rings is 1. The minimum atomic E-state index is -0.623. The maximum atomic E-state index is 11.9. The van der Waals surface area contributed by atoms with Crippen LogP contribution in [0, 0.1) is 0 Å². The van der Waals surface area contributed by atoms with Gasteiger partial charge in [-0.05, 0) is 31.9 Å². The van der Waals surface area contributed by atoms with Crippen LogP contribution in [0.25, 0.3) is 5.69 Å². The minimum Gasteiger partial charge on any atom is -0.462 e. The second-order valence-corrected chi connectivity index (χ2v) is 5.51. The predicted molar refractivity (Wildman–Crippen MR) is 79.8 cm³/mol. The van der Waals surface area contributed by atoms with Crippen molar-refractivity contribution in [3.05, 3.63) is 41.6 Å². The number of hydrogen-bond acceptors (Lipinski definition) is 3. The quantitative estimate of drug-likeness (QED) is 0.923. The first-order valence-corrected chi connectivity index (χ1v) is 7.29. The molecule has 1 amide bonds. The van der Waals surface area contributed by atoms with Crippen molar-refractivity contribution in [2.75, 3.05) is 0 Å². The lowest BCUT2D eigenvalue weighted by atomic mass is 10.3. The highest BCUT2D eigenvalue weighted by Gasteiger charge is 2.27. The van der Waals surface area contributed by atoms with Gasteiger partial charge in [0.15, 0.2) is 6.10 Å². The zero-order valence-electron chi connectivity index (χ0n) is 11.6. The molecule has 1 aliphatic carbocycles. The highest BCUT2D eigenvalue weighted by atomic mass is 35.5. The number of nitrogens with one attached hydrogen (secondary N) is 1. The molecule has 1 aromatic heterocycles. The molecule has 1 atom stereocenters. The van der Waals surface area contributed by atoms with Crippen molar-refractivity contribution in [1.29, 1.82) is 0 Å². The number of aromatic nitrogens is 2. The molecule has 2 aromatic rings. The van der Waals surface area contributed by atoms with E-state index >= 15 is 0 Å². The van der Waals surface area contributed by atoms with Gasteiger partial charge in [-0.2, -0.15) is 0 Å². The van der Waals surface area contributed by atoms with Crippen molar-refractivity contribution in [3.8, 4) is 11.6 Å². The van der Waals surface area contributed by atoms with E-state index in [1.165, 1.54) is 0 Å². The summed E-state index contributed by atoms with van der Waals surface area (Å²) in [6.07, 6.45) is 3.13. The lowest BCUT2D eigenvalue weighted by Gasteiger charge is -2.12. The van der Waals surface area contributed by atoms with Crippen LogP contribution in [0.5, 0.6) is 5.88 Å². The lowest BCUT2D eigenvalue weighted by Crippen LogP contribution is -2.37. The van der Waals surface area contributed by atoms with Crippen LogP contribution in [0.2, 0.25) is 5.02 Å². The number of hydrogen-bond donors (Lipinski definition) is 1. The molecule has 1 N–H and O–H groups in total. The van der Waals surface area contributed by atoms with Gasteiger partial charge >= 0.3 is 0 Å². The highest BCUT2D eigenvalue weighted by Crippen LogP contribution is 2.25. The largest absolute Gasteiger partial charge is 0.462 e. The van der Waals surface area contributed by atoms with Gasteiger partial charge in [-0.3, -0.25) is 4.79 Å². The second kappa shape index (κ2) is 5.77. The van der Waals surface area contributed by atoms with Gasteiger partial charge in [0, 0.05) is 6.04 Å². The van der Waals surface area contributed by atoms with Crippen molar-refractivity contribution in [1.82, 2.24) is 15.1 Å². The van der Waals surface area contributed by atoms with Crippen LogP contribution in [-0.2, 0) is 4.79 Å². The van der Waals surface area contributed by atoms with Crippen LogP contribution in [0.1, 0.15) is 19.8 Å². The number of amides is 1. The van der Waals surface area contributed by atoms with E-state index in [1.54, 1.807) is 17.8 Å². The van der Waals surface area contributed by atoms with Crippen LogP contribution in [0.3, 0.4) is 0 Å². The summed E-state index contributed by atoms with van der Waals surface area (Å²) in [6.45, 7) is 1.69. The Bertz CT molecular complexity index is 638. The Labute approximate surface area is 127 Å². The smallest absolute Gasteiger partial charge is 0.261 e. The van der Waals surface area contributed by atoms with E-state index in [-0.39, 0.29) is 11.8 Å². The van der Waals surface area contributed by atoms with Gasteiger partial charge in [-0.25, -0.2) is 4.68 Å². The summed E-state index contributed by atoms with van der Waals surface area (Å²) < 4.78 is 7.19. The lowest BCUT2D eigenvalue weighted by molar-refractivity contribution is -0.127. The molecule has 0 radical (unpaired) electrons. The van der Waals surface area contributed by atoms with Gasteiger partial charge in [0.25, 0.3) is 11.8 Å². The monoisotopic (exact) mass is 305 g/mol. The Morgan fingerprint density at radius 2 is 2.14 bits per heavy atom. The van der Waals surface area contributed by atoms with Gasteiger partial charge in [0.05, 0.1) is 11.9 Å². The van der Waals surface area contributed by atoms with Gasteiger partial charge in [-0.1, -0.05) is 29.8 Å². The standard InChI is InChI=1S/C15H16ClN3O2/c1-10(14(20)17-11-7-8-11)21-15-13(16)9-19(18-15)12-5-3-2-4-6-12/h2-6,9-11H,7-8H2,1H3,(H,17,20)/t10-/m0/s1. The molecule has 5 nitrogen and oxygen atoms in total. The van der Waals surface area contributed by atoms with Crippen LogP contribution in [0.15, 0.2) is 36.5 Å². The fourth-order valence-electron chi connectivity index (χ4n) is 1.90. The molecule has 6 heteroatoms. The fraction of sp³-hybridized carbons (Fsp3) is 0.333.